The van der Waals surface area contributed by atoms with E-state index in [1.165, 1.54) is 154 Å². The van der Waals surface area contributed by atoms with Crippen molar-refractivity contribution in [1.82, 2.24) is 5.32 Å². The first-order valence-electron chi connectivity index (χ1n) is 26.7. The van der Waals surface area contributed by atoms with Crippen LogP contribution in [0.2, 0.25) is 0 Å². The summed E-state index contributed by atoms with van der Waals surface area (Å²) in [7, 11) is 0. The minimum Gasteiger partial charge on any atom is -0.394 e. The predicted molar refractivity (Wildman–Crippen MR) is 263 cm³/mol. The van der Waals surface area contributed by atoms with E-state index in [4.69, 9.17) is 9.47 Å². The summed E-state index contributed by atoms with van der Waals surface area (Å²) in [6, 6.07) is -0.726. The minimum atomic E-state index is -1.56. The van der Waals surface area contributed by atoms with E-state index in [1.807, 2.05) is 0 Å². The van der Waals surface area contributed by atoms with Gasteiger partial charge in [0.05, 0.1) is 25.4 Å². The van der Waals surface area contributed by atoms with Crippen LogP contribution in [0.5, 0.6) is 0 Å². The molecule has 1 amide bonds. The normalized spacial score (nSPS) is 20.4. The fraction of sp³-hybridized carbons (Fsp3) is 0.870. The number of nitrogens with one attached hydrogen (secondary N) is 1. The van der Waals surface area contributed by atoms with Gasteiger partial charge in [-0.3, -0.25) is 4.79 Å². The number of aliphatic hydroxyl groups excluding tert-OH is 5. The number of aliphatic hydroxyl groups is 5. The molecule has 1 heterocycles. The Labute approximate surface area is 387 Å². The summed E-state index contributed by atoms with van der Waals surface area (Å²) in [5, 5.41) is 54.6. The van der Waals surface area contributed by atoms with E-state index in [2.05, 4.69) is 55.6 Å². The van der Waals surface area contributed by atoms with Gasteiger partial charge in [0, 0.05) is 6.42 Å². The second-order valence-corrected chi connectivity index (χ2v) is 18.7. The van der Waals surface area contributed by atoms with Crippen molar-refractivity contribution in [2.75, 3.05) is 13.2 Å². The molecule has 1 fully saturated rings. The lowest BCUT2D eigenvalue weighted by Gasteiger charge is -2.40. The largest absolute Gasteiger partial charge is 0.394 e. The molecule has 7 unspecified atom stereocenters. The van der Waals surface area contributed by atoms with Crippen LogP contribution in [0.4, 0.5) is 0 Å². The summed E-state index contributed by atoms with van der Waals surface area (Å²) in [5.41, 5.74) is 0. The van der Waals surface area contributed by atoms with Gasteiger partial charge >= 0.3 is 0 Å². The molecule has 1 saturated heterocycles. The van der Waals surface area contributed by atoms with Crippen LogP contribution in [-0.4, -0.2) is 87.5 Å². The van der Waals surface area contributed by atoms with E-state index < -0.39 is 49.5 Å². The van der Waals surface area contributed by atoms with Crippen molar-refractivity contribution in [3.63, 3.8) is 0 Å². The smallest absolute Gasteiger partial charge is 0.220 e. The molecule has 1 rings (SSSR count). The highest BCUT2D eigenvalue weighted by molar-refractivity contribution is 5.76. The standard InChI is InChI=1S/C54H101NO8/c1-3-5-7-9-11-13-15-17-19-21-23-24-26-27-29-31-33-35-37-39-41-43-48(57)47(46-62-54-53(61)52(60)51(59)49(45-56)63-54)55-50(58)44-42-40-38-36-34-32-30-28-25-22-20-18-16-14-12-10-8-6-4-2/h12,14,18,20,25,28,47-49,51-54,56-57,59-61H,3-11,13,15-17,19,21-24,26-27,29-46H2,1-2H3,(H,55,58)/b14-12-,20-18-,28-25-. The molecular weight excluding hydrogens is 791 g/mol. The van der Waals surface area contributed by atoms with E-state index in [9.17, 15) is 30.3 Å². The zero-order valence-corrected chi connectivity index (χ0v) is 40.8. The number of carbonyl (C=O) groups excluding carboxylic acids is 1. The Balaban J connectivity index is 2.26. The Morgan fingerprint density at radius 1 is 0.540 bits per heavy atom. The lowest BCUT2D eigenvalue weighted by molar-refractivity contribution is -0.302. The van der Waals surface area contributed by atoms with Crippen LogP contribution in [0.15, 0.2) is 36.5 Å². The number of amides is 1. The Hall–Kier alpha value is -1.59. The van der Waals surface area contributed by atoms with Crippen LogP contribution in [0, 0.1) is 0 Å². The fourth-order valence-corrected chi connectivity index (χ4v) is 8.46. The molecule has 0 saturated carbocycles. The van der Waals surface area contributed by atoms with Gasteiger partial charge in [-0.25, -0.2) is 0 Å². The van der Waals surface area contributed by atoms with Gasteiger partial charge in [-0.1, -0.05) is 224 Å². The molecule has 0 aromatic heterocycles. The number of ether oxygens (including phenoxy) is 2. The third-order valence-corrected chi connectivity index (χ3v) is 12.7. The van der Waals surface area contributed by atoms with Gasteiger partial charge < -0.3 is 40.3 Å². The summed E-state index contributed by atoms with van der Waals surface area (Å²) in [5.74, 6) is -0.155. The molecule has 7 atom stereocenters. The first-order valence-corrected chi connectivity index (χ1v) is 26.7. The Morgan fingerprint density at radius 2 is 0.937 bits per heavy atom. The van der Waals surface area contributed by atoms with Gasteiger partial charge in [0.15, 0.2) is 6.29 Å². The number of unbranched alkanes of at least 4 members (excludes halogenated alkanes) is 29. The van der Waals surface area contributed by atoms with Gasteiger partial charge in [-0.15, -0.1) is 0 Å². The molecule has 0 spiro atoms. The Morgan fingerprint density at radius 3 is 1.41 bits per heavy atom. The van der Waals surface area contributed by atoms with Crippen LogP contribution in [0.3, 0.4) is 0 Å². The first-order chi connectivity index (χ1) is 30.8. The second kappa shape index (κ2) is 44.3. The van der Waals surface area contributed by atoms with Crippen LogP contribution in [0.25, 0.3) is 0 Å². The highest BCUT2D eigenvalue weighted by atomic mass is 16.7. The molecule has 0 bridgehead atoms. The molecule has 63 heavy (non-hydrogen) atoms. The van der Waals surface area contributed by atoms with E-state index >= 15 is 0 Å². The van der Waals surface area contributed by atoms with E-state index in [-0.39, 0.29) is 12.5 Å². The molecule has 0 aromatic carbocycles. The number of rotatable bonds is 45. The van der Waals surface area contributed by atoms with Gasteiger partial charge in [-0.05, 0) is 51.4 Å². The van der Waals surface area contributed by atoms with Crippen LogP contribution >= 0.6 is 0 Å². The maximum Gasteiger partial charge on any atom is 0.220 e. The molecule has 9 nitrogen and oxygen atoms in total. The summed E-state index contributed by atoms with van der Waals surface area (Å²) in [4.78, 5) is 13.0. The van der Waals surface area contributed by atoms with Crippen molar-refractivity contribution >= 4 is 5.91 Å². The maximum absolute atomic E-state index is 13.0. The third kappa shape index (κ3) is 34.4. The molecule has 0 aromatic rings. The highest BCUT2D eigenvalue weighted by Crippen LogP contribution is 2.23. The average molecular weight is 892 g/mol. The lowest BCUT2D eigenvalue weighted by Crippen LogP contribution is -2.60. The quantitative estimate of drug-likeness (QED) is 0.0261. The first kappa shape index (κ1) is 59.4. The van der Waals surface area contributed by atoms with E-state index in [1.54, 1.807) is 0 Å². The fourth-order valence-electron chi connectivity index (χ4n) is 8.46. The molecule has 0 radical (unpaired) electrons. The molecule has 370 valence electrons. The van der Waals surface area contributed by atoms with Crippen molar-refractivity contribution in [3.8, 4) is 0 Å². The number of hydrogen-bond acceptors (Lipinski definition) is 8. The topological polar surface area (TPSA) is 149 Å². The van der Waals surface area contributed by atoms with Gasteiger partial charge in [-0.2, -0.15) is 0 Å². The Bertz CT molecular complexity index is 1080. The second-order valence-electron chi connectivity index (χ2n) is 18.7. The maximum atomic E-state index is 13.0. The van der Waals surface area contributed by atoms with Crippen LogP contribution in [-0.2, 0) is 14.3 Å². The molecule has 6 N–H and O–H groups in total. The summed E-state index contributed by atoms with van der Waals surface area (Å²) >= 11 is 0. The van der Waals surface area contributed by atoms with Crippen molar-refractivity contribution in [2.45, 2.75) is 288 Å². The lowest BCUT2D eigenvalue weighted by atomic mass is 9.99. The number of hydrogen-bond donors (Lipinski definition) is 6. The average Bonchev–Trinajstić information content (AvgIpc) is 3.28. The van der Waals surface area contributed by atoms with Crippen LogP contribution in [0.1, 0.15) is 245 Å². The molecule has 0 aliphatic carbocycles. The van der Waals surface area contributed by atoms with Crippen molar-refractivity contribution in [2.24, 2.45) is 0 Å². The predicted octanol–water partition coefficient (Wildman–Crippen LogP) is 12.4. The van der Waals surface area contributed by atoms with E-state index in [0.717, 1.165) is 64.2 Å². The third-order valence-electron chi connectivity index (χ3n) is 12.7. The SMILES string of the molecule is CCCCC/C=C\C/C=C\C/C=C\CCCCCCCCC(=O)NC(COC1OC(CO)C(O)C(O)C1O)C(O)CCCCCCCCCCCCCCCCCCCCCCC. The number of carbonyl (C=O) groups is 1. The zero-order valence-electron chi connectivity index (χ0n) is 40.8. The van der Waals surface area contributed by atoms with Gasteiger partial charge in [0.25, 0.3) is 0 Å². The zero-order chi connectivity index (χ0) is 45.9. The Kier molecular flexibility index (Phi) is 41.7. The van der Waals surface area contributed by atoms with Gasteiger partial charge in [0.2, 0.25) is 5.91 Å². The van der Waals surface area contributed by atoms with Crippen molar-refractivity contribution in [3.05, 3.63) is 36.5 Å². The number of allylic oxidation sites excluding steroid dienone is 6. The molecule has 9 heteroatoms. The van der Waals surface area contributed by atoms with Crippen LogP contribution < -0.4 is 5.32 Å². The summed E-state index contributed by atoms with van der Waals surface area (Å²) in [6.07, 6.45) is 48.7. The molecule has 1 aliphatic heterocycles. The van der Waals surface area contributed by atoms with Crippen molar-refractivity contribution < 1.29 is 39.8 Å². The molecule has 1 aliphatic rings. The highest BCUT2D eigenvalue weighted by Gasteiger charge is 2.44. The minimum absolute atomic E-state index is 0.143. The summed E-state index contributed by atoms with van der Waals surface area (Å²) in [6.45, 7) is 3.82. The van der Waals surface area contributed by atoms with Crippen molar-refractivity contribution in [1.29, 1.82) is 0 Å². The summed E-state index contributed by atoms with van der Waals surface area (Å²) < 4.78 is 11.3. The monoisotopic (exact) mass is 892 g/mol. The van der Waals surface area contributed by atoms with E-state index in [0.29, 0.717) is 12.8 Å². The molecular formula is C54H101NO8. The van der Waals surface area contributed by atoms with Gasteiger partial charge in [0.1, 0.15) is 24.4 Å².